The van der Waals surface area contributed by atoms with E-state index < -0.39 is 12.1 Å². The van der Waals surface area contributed by atoms with Crippen molar-refractivity contribution in [1.29, 1.82) is 0 Å². The molecule has 0 radical (unpaired) electrons. The van der Waals surface area contributed by atoms with Gasteiger partial charge in [-0.3, -0.25) is 14.4 Å². The van der Waals surface area contributed by atoms with Crippen LogP contribution in [0.3, 0.4) is 0 Å². The molecule has 0 aromatic heterocycles. The van der Waals surface area contributed by atoms with Gasteiger partial charge in [-0.2, -0.15) is 13.2 Å². The zero-order valence-corrected chi connectivity index (χ0v) is 23.9. The van der Waals surface area contributed by atoms with Crippen LogP contribution in [0.15, 0.2) is 84.9 Å². The van der Waals surface area contributed by atoms with Gasteiger partial charge in [0.15, 0.2) is 6.10 Å². The average Bonchev–Trinajstić information content (AvgIpc) is 2.99. The molecular formula is C32H32F4N2O6. The Morgan fingerprint density at radius 1 is 0.864 bits per heavy atom. The third-order valence-electron chi connectivity index (χ3n) is 7.30. The zero-order chi connectivity index (χ0) is 32.3. The molecule has 2 bridgehead atoms. The molecular weight excluding hydrogens is 584 g/mol. The maximum Gasteiger partial charge on any atom is 0.430 e. The van der Waals surface area contributed by atoms with E-state index in [2.05, 4.69) is 5.32 Å². The van der Waals surface area contributed by atoms with Crippen molar-refractivity contribution < 1.29 is 51.1 Å². The number of para-hydroxylation sites is 1. The van der Waals surface area contributed by atoms with E-state index in [1.165, 1.54) is 31.2 Å². The summed E-state index contributed by atoms with van der Waals surface area (Å²) in [6.45, 7) is 4.84. The lowest BCUT2D eigenvalue weighted by atomic mass is 9.83. The highest BCUT2D eigenvalue weighted by atomic mass is 19.4. The summed E-state index contributed by atoms with van der Waals surface area (Å²) in [5.41, 5.74) is 1.93. The maximum atomic E-state index is 12.6. The second-order valence-corrected chi connectivity index (χ2v) is 10.5. The van der Waals surface area contributed by atoms with Crippen LogP contribution in [-0.4, -0.2) is 66.6 Å². The van der Waals surface area contributed by atoms with Gasteiger partial charge < -0.3 is 24.4 Å². The average molecular weight is 617 g/mol. The van der Waals surface area contributed by atoms with Crippen LogP contribution in [0.2, 0.25) is 0 Å². The molecule has 234 valence electrons. The number of aliphatic carboxylic acids is 1. The highest BCUT2D eigenvalue weighted by molar-refractivity contribution is 6.04. The molecule has 6 rings (SSSR count). The highest BCUT2D eigenvalue weighted by Gasteiger charge is 2.48. The van der Waals surface area contributed by atoms with E-state index in [1.54, 1.807) is 12.1 Å². The van der Waals surface area contributed by atoms with Gasteiger partial charge in [0.1, 0.15) is 24.9 Å². The molecule has 3 fully saturated rings. The lowest BCUT2D eigenvalue weighted by Gasteiger charge is -2.51. The Hall–Kier alpha value is -4.58. The number of halogens is 4. The third kappa shape index (κ3) is 10.3. The number of hydrogen-bond donors (Lipinski definition) is 1. The van der Waals surface area contributed by atoms with E-state index in [0.717, 1.165) is 48.2 Å². The van der Waals surface area contributed by atoms with Crippen molar-refractivity contribution in [2.75, 3.05) is 31.5 Å². The number of Topliss-reactive ketones (excluding diaryl/α,β-unsaturated/α-hetero) is 1. The number of fused-ring (bicyclic) bond motifs is 3. The van der Waals surface area contributed by atoms with Crippen LogP contribution in [-0.2, 0) is 14.3 Å². The van der Waals surface area contributed by atoms with Crippen molar-refractivity contribution in [3.8, 4) is 0 Å². The van der Waals surface area contributed by atoms with E-state index >= 15 is 0 Å². The first-order valence-electron chi connectivity index (χ1n) is 13.8. The number of carboxylic acid groups (broad SMARTS) is 1. The number of rotatable bonds is 6. The number of alkyl halides is 3. The van der Waals surface area contributed by atoms with Crippen molar-refractivity contribution in [3.63, 3.8) is 0 Å². The maximum absolute atomic E-state index is 12.6. The van der Waals surface area contributed by atoms with Gasteiger partial charge in [-0.25, -0.2) is 4.39 Å². The van der Waals surface area contributed by atoms with Crippen LogP contribution in [0.5, 0.6) is 0 Å². The summed E-state index contributed by atoms with van der Waals surface area (Å²) < 4.78 is 50.4. The number of ether oxygens (including phenoxy) is 1. The van der Waals surface area contributed by atoms with E-state index in [9.17, 15) is 31.9 Å². The number of carbonyl (C=O) groups is 4. The fourth-order valence-electron chi connectivity index (χ4n) is 5.14. The predicted molar refractivity (Wildman–Crippen MR) is 151 cm³/mol. The molecule has 3 saturated heterocycles. The molecule has 1 amide bonds. The van der Waals surface area contributed by atoms with Gasteiger partial charge >= 0.3 is 12.1 Å². The number of quaternary nitrogens is 1. The molecule has 1 N–H and O–H groups in total. The smallest absolute Gasteiger partial charge is 0.430 e. The first-order chi connectivity index (χ1) is 20.8. The molecule has 3 aromatic rings. The first kappa shape index (κ1) is 33.9. The van der Waals surface area contributed by atoms with E-state index in [1.807, 2.05) is 48.5 Å². The van der Waals surface area contributed by atoms with Gasteiger partial charge in [-0.1, -0.05) is 48.5 Å². The summed E-state index contributed by atoms with van der Waals surface area (Å²) in [5, 5.41) is 11.5. The summed E-state index contributed by atoms with van der Waals surface area (Å²) in [6.07, 6.45) is -3.09. The monoisotopic (exact) mass is 616 g/mol. The Balaban J connectivity index is 0.000000203. The van der Waals surface area contributed by atoms with E-state index in [0.29, 0.717) is 18.0 Å². The van der Waals surface area contributed by atoms with Crippen molar-refractivity contribution >= 4 is 29.3 Å². The van der Waals surface area contributed by atoms with Gasteiger partial charge in [0.2, 0.25) is 5.78 Å². The van der Waals surface area contributed by atoms with Gasteiger partial charge in [-0.05, 0) is 36.4 Å². The molecule has 3 aliphatic heterocycles. The van der Waals surface area contributed by atoms with Crippen molar-refractivity contribution in [1.82, 2.24) is 0 Å². The van der Waals surface area contributed by atoms with Crippen molar-refractivity contribution in [3.05, 3.63) is 102 Å². The standard InChI is InChI=1S/C17H22NO3.C13H10FNO.C2HF3O2/c1-13(19)21-17-12-18(9-7-15(17)8-10-18)11-16(20)14-5-3-2-4-6-14;14-11-8-6-10(7-9-11)13(16)15-12-4-2-1-3-5-12;3-2(4,5)1(6)7/h2-6,15,17H,7-12H2,1H3;1-9H,(H,15,16);(H,6,7)/q+1;;/p-1/t15?,17-,18?;;/m0../s1. The molecule has 44 heavy (non-hydrogen) atoms. The quantitative estimate of drug-likeness (QED) is 0.190. The fourth-order valence-corrected chi connectivity index (χ4v) is 5.14. The van der Waals surface area contributed by atoms with Crippen LogP contribution in [0.1, 0.15) is 40.5 Å². The molecule has 8 nitrogen and oxygen atoms in total. The molecule has 0 aliphatic carbocycles. The SMILES string of the molecule is CC(=O)O[C@H]1C[N+]2(CC(=O)c3ccccc3)CCC1CC2.O=C(Nc1ccccc1)c1ccc(F)cc1.O=C([O-])C(F)(F)F. The van der Waals surface area contributed by atoms with Gasteiger partial charge in [0.25, 0.3) is 5.91 Å². The van der Waals surface area contributed by atoms with Crippen molar-refractivity contribution in [2.24, 2.45) is 5.92 Å². The number of ketones is 1. The molecule has 12 heteroatoms. The van der Waals surface area contributed by atoms with Crippen LogP contribution >= 0.6 is 0 Å². The number of piperidine rings is 3. The topological polar surface area (TPSA) is 113 Å². The number of nitrogens with zero attached hydrogens (tertiary/aromatic N) is 1. The third-order valence-corrected chi connectivity index (χ3v) is 7.30. The molecule has 1 atom stereocenters. The van der Waals surface area contributed by atoms with Gasteiger partial charge in [0.05, 0.1) is 13.1 Å². The Bertz CT molecular complexity index is 1410. The second-order valence-electron chi connectivity index (χ2n) is 10.5. The number of amides is 1. The minimum Gasteiger partial charge on any atom is -0.542 e. The summed E-state index contributed by atoms with van der Waals surface area (Å²) in [7, 11) is 0. The molecule has 0 unspecified atom stereocenters. The lowest BCUT2D eigenvalue weighted by Crippen LogP contribution is -2.65. The molecule has 0 saturated carbocycles. The molecule has 3 aliphatic rings. The minimum absolute atomic E-state index is 0.00595. The summed E-state index contributed by atoms with van der Waals surface area (Å²) in [6, 6.07) is 24.0. The molecule has 3 aromatic carbocycles. The highest BCUT2D eigenvalue weighted by Crippen LogP contribution is 2.35. The Kier molecular flexibility index (Phi) is 11.7. The van der Waals surface area contributed by atoms with E-state index in [4.69, 9.17) is 14.6 Å². The number of benzene rings is 3. The normalized spacial score (nSPS) is 20.1. The van der Waals surface area contributed by atoms with Gasteiger partial charge in [0, 0.05) is 42.5 Å². The zero-order valence-electron chi connectivity index (χ0n) is 23.9. The molecule has 3 heterocycles. The summed E-state index contributed by atoms with van der Waals surface area (Å²) in [4.78, 5) is 44.2. The minimum atomic E-state index is -5.19. The number of esters is 1. The molecule has 0 spiro atoms. The van der Waals surface area contributed by atoms with E-state index in [-0.39, 0.29) is 29.6 Å². The number of carboxylic acids is 1. The number of nitrogens with one attached hydrogen (secondary N) is 1. The Morgan fingerprint density at radius 2 is 1.39 bits per heavy atom. The van der Waals surface area contributed by atoms with Crippen molar-refractivity contribution in [2.45, 2.75) is 32.0 Å². The first-order valence-corrected chi connectivity index (χ1v) is 13.8. The number of anilines is 1. The number of hydrogen-bond acceptors (Lipinski definition) is 6. The van der Waals surface area contributed by atoms with Crippen LogP contribution < -0.4 is 10.4 Å². The van der Waals surface area contributed by atoms with Crippen LogP contribution in [0.25, 0.3) is 0 Å². The fraction of sp³-hybridized carbons (Fsp3) is 0.312. The lowest BCUT2D eigenvalue weighted by molar-refractivity contribution is -0.938. The summed E-state index contributed by atoms with van der Waals surface area (Å²) >= 11 is 0. The van der Waals surface area contributed by atoms with Crippen LogP contribution in [0.4, 0.5) is 23.2 Å². The van der Waals surface area contributed by atoms with Crippen LogP contribution in [0, 0.1) is 11.7 Å². The number of carbonyl (C=O) groups excluding carboxylic acids is 4. The predicted octanol–water partition coefficient (Wildman–Crippen LogP) is 4.42. The van der Waals surface area contributed by atoms with Gasteiger partial charge in [-0.15, -0.1) is 0 Å². The Morgan fingerprint density at radius 3 is 1.89 bits per heavy atom. The Labute approximate surface area is 251 Å². The largest absolute Gasteiger partial charge is 0.542 e. The summed E-state index contributed by atoms with van der Waals surface area (Å²) in [5.74, 6) is -3.13. The second kappa shape index (κ2) is 15.2.